The van der Waals surface area contributed by atoms with E-state index in [1.54, 1.807) is 6.07 Å². The largest absolute Gasteiger partial charge is 0.463 e. The summed E-state index contributed by atoms with van der Waals surface area (Å²) in [6, 6.07) is 14.0. The molecule has 5 nitrogen and oxygen atoms in total. The summed E-state index contributed by atoms with van der Waals surface area (Å²) in [5.74, 6) is 0.545. The molecule has 1 heterocycles. The van der Waals surface area contributed by atoms with Crippen LogP contribution in [-0.4, -0.2) is 36.2 Å². The molecule has 1 atom stereocenters. The van der Waals surface area contributed by atoms with Crippen LogP contribution in [0.15, 0.2) is 48.2 Å². The molecule has 154 valence electrons. The van der Waals surface area contributed by atoms with Crippen molar-refractivity contribution in [3.8, 4) is 11.8 Å². The van der Waals surface area contributed by atoms with Gasteiger partial charge < -0.3 is 14.2 Å². The van der Waals surface area contributed by atoms with Gasteiger partial charge in [0, 0.05) is 67.6 Å². The van der Waals surface area contributed by atoms with E-state index in [1.165, 1.54) is 0 Å². The van der Waals surface area contributed by atoms with Crippen LogP contribution in [0, 0.1) is 11.3 Å². The van der Waals surface area contributed by atoms with Crippen LogP contribution in [-0.2, 0) is 17.3 Å². The fourth-order valence-electron chi connectivity index (χ4n) is 4.61. The number of halogens is 1. The molecule has 6 heteroatoms. The number of nitriles is 1. The molecule has 1 aliphatic rings. The van der Waals surface area contributed by atoms with Gasteiger partial charge in [0.1, 0.15) is 5.75 Å². The molecule has 0 N–H and O–H groups in total. The number of carbonyl (C=O) groups excluding carboxylic acids is 1. The van der Waals surface area contributed by atoms with Crippen molar-refractivity contribution < 1.29 is 13.9 Å². The number of alkyl halides is 1. The number of rotatable bonds is 4. The topological polar surface area (TPSA) is 58.3 Å². The van der Waals surface area contributed by atoms with Crippen LogP contribution in [0.3, 0.4) is 0 Å². The van der Waals surface area contributed by atoms with Crippen LogP contribution in [0.25, 0.3) is 21.8 Å². The molecule has 0 saturated heterocycles. The molecule has 1 fully saturated rings. The van der Waals surface area contributed by atoms with Gasteiger partial charge in [-0.3, -0.25) is 4.79 Å². The van der Waals surface area contributed by atoms with Crippen LogP contribution >= 0.6 is 0 Å². The zero-order valence-corrected chi connectivity index (χ0v) is 17.4. The maximum atomic E-state index is 12.8. The number of carbonyl (C=O) groups is 1. The first-order valence-corrected chi connectivity index (χ1v) is 9.92. The second-order valence-corrected chi connectivity index (χ2v) is 8.10. The average molecular weight is 405 g/mol. The zero-order valence-electron chi connectivity index (χ0n) is 17.4. The van der Waals surface area contributed by atoms with Crippen molar-refractivity contribution >= 4 is 27.6 Å². The van der Waals surface area contributed by atoms with Crippen molar-refractivity contribution in [2.45, 2.75) is 24.7 Å². The molecule has 1 aliphatic carbocycles. The van der Waals surface area contributed by atoms with Crippen LogP contribution in [0.4, 0.5) is 4.39 Å². The Morgan fingerprint density at radius 3 is 2.80 bits per heavy atom. The normalized spacial score (nSPS) is 20.6. The van der Waals surface area contributed by atoms with E-state index < -0.39 is 12.3 Å². The van der Waals surface area contributed by atoms with Gasteiger partial charge in [-0.1, -0.05) is 12.1 Å². The van der Waals surface area contributed by atoms with Gasteiger partial charge in [-0.2, -0.15) is 5.26 Å². The summed E-state index contributed by atoms with van der Waals surface area (Å²) in [6.07, 6.45) is 3.01. The van der Waals surface area contributed by atoms with Crippen LogP contribution in [0.1, 0.15) is 24.8 Å². The molecule has 4 rings (SSSR count). The lowest BCUT2D eigenvalue weighted by atomic mass is 9.67. The summed E-state index contributed by atoms with van der Waals surface area (Å²) >= 11 is 0. The highest BCUT2D eigenvalue weighted by atomic mass is 19.1. The minimum atomic E-state index is -0.897. The molecule has 0 amide bonds. The van der Waals surface area contributed by atoms with Crippen molar-refractivity contribution in [3.63, 3.8) is 0 Å². The summed E-state index contributed by atoms with van der Waals surface area (Å²) < 4.78 is 19.9. The lowest BCUT2D eigenvalue weighted by Crippen LogP contribution is -2.33. The highest BCUT2D eigenvalue weighted by Gasteiger charge is 2.41. The summed E-state index contributed by atoms with van der Waals surface area (Å²) in [6.45, 7) is -0.897. The molecule has 1 saturated carbocycles. The van der Waals surface area contributed by atoms with E-state index in [-0.39, 0.29) is 5.78 Å². The Kier molecular flexibility index (Phi) is 4.98. The van der Waals surface area contributed by atoms with Crippen molar-refractivity contribution in [2.24, 2.45) is 7.05 Å². The standard InChI is InChI=1S/C24H24FN3O2/c1-27(2)13-16-12-24(14-26,10-9-22(16)29)19-5-4-6-21-23(19)18-11-17(30-15-25)7-8-20(18)28(21)3/h4-8,11,13H,9-10,12,15H2,1-3H3. The van der Waals surface area contributed by atoms with Crippen LogP contribution in [0.5, 0.6) is 5.75 Å². The number of allylic oxidation sites excluding steroid dienone is 1. The Morgan fingerprint density at radius 1 is 1.30 bits per heavy atom. The smallest absolute Gasteiger partial charge is 0.228 e. The molecule has 0 spiro atoms. The number of benzene rings is 2. The highest BCUT2D eigenvalue weighted by molar-refractivity contribution is 6.11. The molecule has 30 heavy (non-hydrogen) atoms. The second-order valence-electron chi connectivity index (χ2n) is 8.10. The first-order valence-electron chi connectivity index (χ1n) is 9.92. The SMILES string of the molecule is CN(C)C=C1CC(C#N)(c2cccc3c2c2cc(OCF)ccc2n3C)CCC1=O. The number of ether oxygens (including phenoxy) is 1. The fraction of sp³-hybridized carbons (Fsp3) is 0.333. The molecule has 1 unspecified atom stereocenters. The molecule has 0 aliphatic heterocycles. The summed E-state index contributed by atoms with van der Waals surface area (Å²) in [5.41, 5.74) is 2.74. The number of fused-ring (bicyclic) bond motifs is 3. The summed E-state index contributed by atoms with van der Waals surface area (Å²) in [5, 5.41) is 12.2. The first-order chi connectivity index (χ1) is 14.4. The van der Waals surface area contributed by atoms with E-state index in [0.29, 0.717) is 30.6 Å². The molecule has 0 radical (unpaired) electrons. The Balaban J connectivity index is 1.98. The molecule has 2 aromatic carbocycles. The van der Waals surface area contributed by atoms with E-state index in [1.807, 2.05) is 62.6 Å². The lowest BCUT2D eigenvalue weighted by Gasteiger charge is -2.33. The highest BCUT2D eigenvalue weighted by Crippen LogP contribution is 2.45. The van der Waals surface area contributed by atoms with Gasteiger partial charge in [0.15, 0.2) is 5.78 Å². The minimum Gasteiger partial charge on any atom is -0.463 e. The Morgan fingerprint density at radius 2 is 2.10 bits per heavy atom. The Labute approximate surface area is 174 Å². The fourth-order valence-corrected chi connectivity index (χ4v) is 4.61. The Hall–Kier alpha value is -3.33. The van der Waals surface area contributed by atoms with Crippen molar-refractivity contribution in [1.82, 2.24) is 9.47 Å². The number of ketones is 1. The number of aromatic nitrogens is 1. The summed E-state index contributed by atoms with van der Waals surface area (Å²) in [7, 11) is 5.73. The van der Waals surface area contributed by atoms with E-state index in [9.17, 15) is 14.4 Å². The minimum absolute atomic E-state index is 0.0956. The number of aryl methyl sites for hydroxylation is 1. The van der Waals surface area contributed by atoms with Gasteiger partial charge in [-0.25, -0.2) is 4.39 Å². The summed E-state index contributed by atoms with van der Waals surface area (Å²) in [4.78, 5) is 14.3. The van der Waals surface area contributed by atoms with Gasteiger partial charge >= 0.3 is 0 Å². The van der Waals surface area contributed by atoms with Crippen LogP contribution < -0.4 is 4.74 Å². The van der Waals surface area contributed by atoms with Crippen molar-refractivity contribution in [1.29, 1.82) is 5.26 Å². The third-order valence-electron chi connectivity index (χ3n) is 6.00. The van der Waals surface area contributed by atoms with Gasteiger partial charge in [0.25, 0.3) is 0 Å². The van der Waals surface area contributed by atoms with E-state index in [2.05, 4.69) is 10.6 Å². The number of nitrogens with zero attached hydrogens (tertiary/aromatic N) is 3. The van der Waals surface area contributed by atoms with Crippen LogP contribution in [0.2, 0.25) is 0 Å². The van der Waals surface area contributed by atoms with E-state index in [4.69, 9.17) is 4.74 Å². The monoisotopic (exact) mass is 405 g/mol. The number of hydrogen-bond acceptors (Lipinski definition) is 4. The predicted octanol–water partition coefficient (Wildman–Crippen LogP) is 4.60. The molecule has 1 aromatic heterocycles. The molecular weight excluding hydrogens is 381 g/mol. The molecular formula is C24H24FN3O2. The quantitative estimate of drug-likeness (QED) is 0.596. The lowest BCUT2D eigenvalue weighted by molar-refractivity contribution is -0.117. The van der Waals surface area contributed by atoms with Gasteiger partial charge in [0.05, 0.1) is 11.5 Å². The average Bonchev–Trinajstić information content (AvgIpc) is 3.02. The number of hydrogen-bond donors (Lipinski definition) is 0. The molecule has 3 aromatic rings. The van der Waals surface area contributed by atoms with Gasteiger partial charge in [0.2, 0.25) is 6.86 Å². The first kappa shape index (κ1) is 20.0. The van der Waals surface area contributed by atoms with E-state index >= 15 is 0 Å². The maximum Gasteiger partial charge on any atom is 0.228 e. The number of Topliss-reactive ketones (excluding diaryl/α,β-unsaturated/α-hetero) is 1. The van der Waals surface area contributed by atoms with Gasteiger partial charge in [-0.15, -0.1) is 0 Å². The second kappa shape index (κ2) is 7.49. The van der Waals surface area contributed by atoms with E-state index in [0.717, 1.165) is 27.4 Å². The van der Waals surface area contributed by atoms with Gasteiger partial charge in [-0.05, 0) is 36.2 Å². The molecule has 0 bridgehead atoms. The third kappa shape index (κ3) is 3.11. The predicted molar refractivity (Wildman–Crippen MR) is 115 cm³/mol. The maximum absolute atomic E-state index is 12.8. The Bertz CT molecular complexity index is 1220. The van der Waals surface area contributed by atoms with Crippen molar-refractivity contribution in [3.05, 3.63) is 53.7 Å². The van der Waals surface area contributed by atoms with Crippen molar-refractivity contribution in [2.75, 3.05) is 21.0 Å². The third-order valence-corrected chi connectivity index (χ3v) is 6.00. The zero-order chi connectivity index (χ0) is 21.5.